The number of benzene rings is 2. The molecule has 5 rings (SSSR count). The zero-order valence-electron chi connectivity index (χ0n) is 20.1. The second kappa shape index (κ2) is 9.15. The number of carbonyl (C=O) groups excluding carboxylic acids is 2. The van der Waals surface area contributed by atoms with Gasteiger partial charge in [-0.25, -0.2) is 8.42 Å². The van der Waals surface area contributed by atoms with Crippen molar-refractivity contribution in [3.8, 4) is 17.0 Å². The van der Waals surface area contributed by atoms with E-state index in [1.54, 1.807) is 42.5 Å². The predicted molar refractivity (Wildman–Crippen MR) is 131 cm³/mol. The Morgan fingerprint density at radius 2 is 1.95 bits per heavy atom. The Labute approximate surface area is 215 Å². The maximum absolute atomic E-state index is 13.5. The number of aryl methyl sites for hydroxylation is 1. The zero-order chi connectivity index (χ0) is 27.3. The molecule has 2 aromatic carbocycles. The highest BCUT2D eigenvalue weighted by atomic mass is 32.2. The van der Waals surface area contributed by atoms with Gasteiger partial charge in [-0.2, -0.15) is 18.3 Å². The van der Waals surface area contributed by atoms with Gasteiger partial charge >= 0.3 is 6.18 Å². The van der Waals surface area contributed by atoms with E-state index < -0.39 is 45.7 Å². The molecule has 0 saturated carbocycles. The third-order valence-corrected chi connectivity index (χ3v) is 7.25. The Bertz CT molecular complexity index is 1540. The van der Waals surface area contributed by atoms with Gasteiger partial charge in [0, 0.05) is 11.8 Å². The van der Waals surface area contributed by atoms with Crippen molar-refractivity contribution in [3.63, 3.8) is 0 Å². The van der Waals surface area contributed by atoms with Crippen LogP contribution in [0.1, 0.15) is 28.0 Å². The largest absolute Gasteiger partial charge is 0.484 e. The number of ether oxygens (including phenoxy) is 1. The molecule has 3 aromatic rings. The van der Waals surface area contributed by atoms with Crippen LogP contribution >= 0.6 is 0 Å². The predicted octanol–water partition coefficient (Wildman–Crippen LogP) is 3.06. The van der Waals surface area contributed by atoms with Crippen LogP contribution in [0.25, 0.3) is 11.3 Å². The van der Waals surface area contributed by atoms with E-state index in [0.717, 1.165) is 17.4 Å². The molecular weight excluding hydrogens is 525 g/mol. The van der Waals surface area contributed by atoms with Gasteiger partial charge in [-0.05, 0) is 36.1 Å². The second-order valence-corrected chi connectivity index (χ2v) is 11.6. The minimum Gasteiger partial charge on any atom is -0.484 e. The number of amides is 2. The molecule has 0 saturated heterocycles. The molecule has 2 aliphatic rings. The highest BCUT2D eigenvalue weighted by Crippen LogP contribution is 2.44. The summed E-state index contributed by atoms with van der Waals surface area (Å²) in [6.07, 6.45) is -2.55. The fourth-order valence-electron chi connectivity index (χ4n) is 4.98. The number of hydrogen-bond acceptors (Lipinski definition) is 6. The van der Waals surface area contributed by atoms with Crippen LogP contribution in [0, 0.1) is 0 Å². The van der Waals surface area contributed by atoms with Crippen molar-refractivity contribution in [1.82, 2.24) is 15.1 Å². The van der Waals surface area contributed by atoms with Gasteiger partial charge in [-0.1, -0.05) is 36.4 Å². The molecule has 0 fully saturated rings. The van der Waals surface area contributed by atoms with Crippen LogP contribution in [0.4, 0.5) is 18.9 Å². The summed E-state index contributed by atoms with van der Waals surface area (Å²) >= 11 is 0. The quantitative estimate of drug-likeness (QED) is 0.489. The van der Waals surface area contributed by atoms with Crippen molar-refractivity contribution in [2.24, 2.45) is 0 Å². The molecule has 1 aliphatic heterocycles. The van der Waals surface area contributed by atoms with E-state index in [-0.39, 0.29) is 23.7 Å². The fourth-order valence-corrected chi connectivity index (χ4v) is 5.53. The number of fused-ring (bicyclic) bond motifs is 3. The molecule has 1 aromatic heterocycles. The van der Waals surface area contributed by atoms with Gasteiger partial charge in [-0.3, -0.25) is 14.3 Å². The smallest absolute Gasteiger partial charge is 0.422 e. The summed E-state index contributed by atoms with van der Waals surface area (Å²) in [4.78, 5) is 26.0. The zero-order valence-corrected chi connectivity index (χ0v) is 20.9. The van der Waals surface area contributed by atoms with Crippen LogP contribution in [0.5, 0.6) is 5.75 Å². The Balaban J connectivity index is 1.51. The third-order valence-electron chi connectivity index (χ3n) is 6.46. The molecule has 38 heavy (non-hydrogen) atoms. The monoisotopic (exact) mass is 548 g/mol. The lowest BCUT2D eigenvalue weighted by Crippen LogP contribution is -2.52. The number of nitrogens with zero attached hydrogens (tertiary/aromatic N) is 2. The first-order valence-electron chi connectivity index (χ1n) is 11.6. The number of sulfone groups is 1. The summed E-state index contributed by atoms with van der Waals surface area (Å²) in [5.41, 5.74) is 1.74. The molecule has 0 radical (unpaired) electrons. The van der Waals surface area contributed by atoms with Gasteiger partial charge < -0.3 is 15.4 Å². The lowest BCUT2D eigenvalue weighted by atomic mass is 9.89. The van der Waals surface area contributed by atoms with Crippen LogP contribution in [0.3, 0.4) is 0 Å². The van der Waals surface area contributed by atoms with Gasteiger partial charge in [0.2, 0.25) is 5.91 Å². The van der Waals surface area contributed by atoms with Gasteiger partial charge in [0.25, 0.3) is 5.91 Å². The number of carbonyl (C=O) groups is 2. The van der Waals surface area contributed by atoms with Crippen molar-refractivity contribution in [2.45, 2.75) is 31.1 Å². The Morgan fingerprint density at radius 1 is 1.21 bits per heavy atom. The Morgan fingerprint density at radius 3 is 2.63 bits per heavy atom. The number of alkyl halides is 3. The molecule has 1 spiro atoms. The van der Waals surface area contributed by atoms with Crippen molar-refractivity contribution in [1.29, 1.82) is 0 Å². The van der Waals surface area contributed by atoms with Crippen molar-refractivity contribution in [2.75, 3.05) is 23.9 Å². The molecule has 13 heteroatoms. The normalized spacial score (nSPS) is 18.6. The van der Waals surface area contributed by atoms with E-state index in [9.17, 15) is 31.2 Å². The summed E-state index contributed by atoms with van der Waals surface area (Å²) in [5, 5.41) is 10.2. The van der Waals surface area contributed by atoms with Crippen LogP contribution in [-0.4, -0.2) is 54.8 Å². The van der Waals surface area contributed by atoms with Gasteiger partial charge in [0.1, 0.15) is 22.9 Å². The second-order valence-electron chi connectivity index (χ2n) is 9.47. The summed E-state index contributed by atoms with van der Waals surface area (Å²) in [6, 6.07) is 13.5. The Hall–Kier alpha value is -3.87. The molecular formula is C25H23F3N4O5S. The highest BCUT2D eigenvalue weighted by Gasteiger charge is 2.46. The van der Waals surface area contributed by atoms with Gasteiger partial charge in [-0.15, -0.1) is 0 Å². The number of halogens is 3. The van der Waals surface area contributed by atoms with E-state index in [1.165, 1.54) is 10.7 Å². The van der Waals surface area contributed by atoms with Crippen LogP contribution in [-0.2, 0) is 33.1 Å². The summed E-state index contributed by atoms with van der Waals surface area (Å²) < 4.78 is 67.4. The van der Waals surface area contributed by atoms with Gasteiger partial charge in [0.15, 0.2) is 22.1 Å². The molecule has 9 nitrogen and oxygen atoms in total. The lowest BCUT2D eigenvalue weighted by molar-refractivity contribution is -0.153. The first kappa shape index (κ1) is 25.8. The van der Waals surface area contributed by atoms with Crippen molar-refractivity contribution < 1.29 is 35.9 Å². The third kappa shape index (κ3) is 5.10. The molecule has 1 atom stereocenters. The van der Waals surface area contributed by atoms with E-state index in [4.69, 9.17) is 4.74 Å². The minimum atomic E-state index is -4.46. The highest BCUT2D eigenvalue weighted by molar-refractivity contribution is 7.91. The lowest BCUT2D eigenvalue weighted by Gasteiger charge is -2.36. The molecule has 1 aliphatic carbocycles. The first-order chi connectivity index (χ1) is 17.8. The van der Waals surface area contributed by atoms with Crippen LogP contribution < -0.4 is 15.4 Å². The number of hydrogen-bond donors (Lipinski definition) is 2. The fraction of sp³-hybridized carbons (Fsp3) is 0.320. The van der Waals surface area contributed by atoms with Crippen molar-refractivity contribution >= 4 is 27.3 Å². The number of anilines is 1. The molecule has 2 amide bonds. The maximum atomic E-state index is 13.5. The molecule has 2 heterocycles. The SMILES string of the molecule is CS(=O)(=O)CC(=O)Nc1c(-c2ccccc2)nn2c1C(=O)N[C@]1(CCc3cc(OCC(F)(F)F)ccc31)C2. The molecule has 0 bridgehead atoms. The number of aromatic nitrogens is 2. The first-order valence-corrected chi connectivity index (χ1v) is 13.7. The summed E-state index contributed by atoms with van der Waals surface area (Å²) in [5.74, 6) is -2.00. The van der Waals surface area contributed by atoms with Crippen molar-refractivity contribution in [3.05, 3.63) is 65.4 Å². The summed E-state index contributed by atoms with van der Waals surface area (Å²) in [6.45, 7) is -1.20. The minimum absolute atomic E-state index is 0.0786. The van der Waals surface area contributed by atoms with E-state index >= 15 is 0 Å². The molecule has 0 unspecified atom stereocenters. The number of rotatable bonds is 6. The summed E-state index contributed by atoms with van der Waals surface area (Å²) in [7, 11) is -3.62. The average molecular weight is 549 g/mol. The van der Waals surface area contributed by atoms with E-state index in [0.29, 0.717) is 24.1 Å². The average Bonchev–Trinajstić information content (AvgIpc) is 3.35. The molecule has 2 N–H and O–H groups in total. The van der Waals surface area contributed by atoms with Crippen LogP contribution in [0.15, 0.2) is 48.5 Å². The van der Waals surface area contributed by atoms with E-state index in [2.05, 4.69) is 15.7 Å². The van der Waals surface area contributed by atoms with Gasteiger partial charge in [0.05, 0.1) is 12.1 Å². The van der Waals surface area contributed by atoms with E-state index in [1.807, 2.05) is 0 Å². The Kier molecular flexibility index (Phi) is 6.21. The topological polar surface area (TPSA) is 119 Å². The van der Waals surface area contributed by atoms with Crippen LogP contribution in [0.2, 0.25) is 0 Å². The number of nitrogens with one attached hydrogen (secondary N) is 2. The maximum Gasteiger partial charge on any atom is 0.422 e. The molecule has 200 valence electrons. The standard InChI is InChI=1S/C25H23F3N4O5S/c1-38(35,36)12-19(33)29-21-20(15-5-3-2-4-6-15)31-32-13-24(30-23(34)22(21)32)10-9-16-11-17(7-8-18(16)24)37-14-25(26,27)28/h2-8,11H,9-10,12-14H2,1H3,(H,29,33)(H,30,34)/t24-/m1/s1.